The number of amidine groups is 1. The van der Waals surface area contributed by atoms with Crippen molar-refractivity contribution in [3.8, 4) is 0 Å². The maximum atomic E-state index is 12.2. The third-order valence-electron chi connectivity index (χ3n) is 2.10. The Bertz CT molecular complexity index is 231. The van der Waals surface area contributed by atoms with E-state index >= 15 is 0 Å². The second-order valence-electron chi connectivity index (χ2n) is 3.78. The fraction of sp³-hybridized carbons (Fsp3) is 0.889. The van der Waals surface area contributed by atoms with Crippen molar-refractivity contribution in [3.05, 3.63) is 0 Å². The van der Waals surface area contributed by atoms with Gasteiger partial charge >= 0.3 is 6.18 Å². The lowest BCUT2D eigenvalue weighted by Crippen LogP contribution is -2.40. The summed E-state index contributed by atoms with van der Waals surface area (Å²) in [5, 5.41) is 11.2. The molecular formula is C9H18F3N3O. The van der Waals surface area contributed by atoms with Crippen LogP contribution in [0.15, 0.2) is 5.16 Å². The lowest BCUT2D eigenvalue weighted by Gasteiger charge is -2.25. The smallest absolute Gasteiger partial charge is 0.401 e. The van der Waals surface area contributed by atoms with Crippen molar-refractivity contribution in [1.82, 2.24) is 4.90 Å². The van der Waals surface area contributed by atoms with E-state index in [1.54, 1.807) is 13.8 Å². The average Bonchev–Trinajstić information content (AvgIpc) is 2.14. The summed E-state index contributed by atoms with van der Waals surface area (Å²) in [5.74, 6) is -0.456. The molecule has 1 unspecified atom stereocenters. The Hall–Kier alpha value is -0.980. The molecule has 96 valence electrons. The number of nitrogens with two attached hydrogens (primary N) is 1. The van der Waals surface area contributed by atoms with Gasteiger partial charge in [0.05, 0.1) is 6.54 Å². The molecule has 0 fully saturated rings. The molecule has 0 bridgehead atoms. The van der Waals surface area contributed by atoms with E-state index in [1.807, 2.05) is 0 Å². The van der Waals surface area contributed by atoms with Gasteiger partial charge in [0, 0.05) is 12.5 Å². The molecule has 16 heavy (non-hydrogen) atoms. The summed E-state index contributed by atoms with van der Waals surface area (Å²) in [7, 11) is 0. The monoisotopic (exact) mass is 241 g/mol. The predicted molar refractivity (Wildman–Crippen MR) is 55.4 cm³/mol. The summed E-state index contributed by atoms with van der Waals surface area (Å²) in [5.41, 5.74) is 5.32. The molecule has 0 amide bonds. The van der Waals surface area contributed by atoms with Crippen molar-refractivity contribution < 1.29 is 18.4 Å². The Morgan fingerprint density at radius 1 is 1.50 bits per heavy atom. The summed E-state index contributed by atoms with van der Waals surface area (Å²) in [6.07, 6.45) is -3.60. The summed E-state index contributed by atoms with van der Waals surface area (Å²) in [4.78, 5) is 1.25. The SMILES string of the molecule is CCCN(CC(C)C(N)=NO)CC(F)(F)F. The molecule has 0 heterocycles. The maximum Gasteiger partial charge on any atom is 0.401 e. The van der Waals surface area contributed by atoms with Crippen LogP contribution in [-0.4, -0.2) is 41.8 Å². The zero-order chi connectivity index (χ0) is 12.8. The van der Waals surface area contributed by atoms with Crippen LogP contribution < -0.4 is 5.73 Å². The van der Waals surface area contributed by atoms with E-state index in [1.165, 1.54) is 4.90 Å². The minimum atomic E-state index is -4.22. The van der Waals surface area contributed by atoms with Gasteiger partial charge in [-0.1, -0.05) is 19.0 Å². The third-order valence-corrected chi connectivity index (χ3v) is 2.10. The summed E-state index contributed by atoms with van der Waals surface area (Å²) >= 11 is 0. The van der Waals surface area contributed by atoms with Crippen molar-refractivity contribution in [2.24, 2.45) is 16.8 Å². The van der Waals surface area contributed by atoms with E-state index in [9.17, 15) is 13.2 Å². The van der Waals surface area contributed by atoms with Gasteiger partial charge in [-0.05, 0) is 13.0 Å². The molecule has 0 saturated carbocycles. The van der Waals surface area contributed by atoms with Crippen molar-refractivity contribution >= 4 is 5.84 Å². The zero-order valence-electron chi connectivity index (χ0n) is 9.46. The topological polar surface area (TPSA) is 61.8 Å². The molecule has 0 aliphatic carbocycles. The molecule has 3 N–H and O–H groups in total. The Balaban J connectivity index is 4.33. The number of rotatable bonds is 6. The first-order valence-corrected chi connectivity index (χ1v) is 5.06. The molecule has 0 aliphatic rings. The highest BCUT2D eigenvalue weighted by atomic mass is 19.4. The van der Waals surface area contributed by atoms with Crippen LogP contribution in [0.2, 0.25) is 0 Å². The molecule has 0 aliphatic heterocycles. The molecule has 7 heteroatoms. The second-order valence-corrected chi connectivity index (χ2v) is 3.78. The molecule has 0 spiro atoms. The number of hydrogen-bond donors (Lipinski definition) is 2. The highest BCUT2D eigenvalue weighted by Gasteiger charge is 2.31. The molecule has 0 saturated heterocycles. The second kappa shape index (κ2) is 6.57. The Morgan fingerprint density at radius 2 is 2.06 bits per heavy atom. The van der Waals surface area contributed by atoms with Crippen LogP contribution in [0.4, 0.5) is 13.2 Å². The largest absolute Gasteiger partial charge is 0.409 e. The van der Waals surface area contributed by atoms with Gasteiger partial charge in [-0.25, -0.2) is 0 Å². The van der Waals surface area contributed by atoms with Crippen LogP contribution in [0.3, 0.4) is 0 Å². The van der Waals surface area contributed by atoms with E-state index in [0.29, 0.717) is 13.0 Å². The molecule has 1 atom stereocenters. The van der Waals surface area contributed by atoms with E-state index in [2.05, 4.69) is 5.16 Å². The lowest BCUT2D eigenvalue weighted by atomic mass is 10.1. The van der Waals surface area contributed by atoms with Crippen molar-refractivity contribution in [3.63, 3.8) is 0 Å². The first-order chi connectivity index (χ1) is 7.30. The van der Waals surface area contributed by atoms with Crippen molar-refractivity contribution in [1.29, 1.82) is 0 Å². The Labute approximate surface area is 92.9 Å². The quantitative estimate of drug-likeness (QED) is 0.321. The zero-order valence-corrected chi connectivity index (χ0v) is 9.46. The molecule has 0 radical (unpaired) electrons. The van der Waals surface area contributed by atoms with Gasteiger partial charge in [0.2, 0.25) is 0 Å². The van der Waals surface area contributed by atoms with Crippen LogP contribution in [-0.2, 0) is 0 Å². The van der Waals surface area contributed by atoms with E-state index in [4.69, 9.17) is 10.9 Å². The number of halogens is 3. The minimum absolute atomic E-state index is 0.0525. The molecule has 0 aromatic carbocycles. The first-order valence-electron chi connectivity index (χ1n) is 5.06. The van der Waals surface area contributed by atoms with Crippen LogP contribution >= 0.6 is 0 Å². The van der Waals surface area contributed by atoms with Crippen LogP contribution in [0, 0.1) is 5.92 Å². The summed E-state index contributed by atoms with van der Waals surface area (Å²) < 4.78 is 36.6. The normalized spacial score (nSPS) is 15.5. The molecular weight excluding hydrogens is 223 g/mol. The molecule has 0 aromatic rings. The number of alkyl halides is 3. The Kier molecular flexibility index (Phi) is 6.17. The van der Waals surface area contributed by atoms with Crippen molar-refractivity contribution in [2.45, 2.75) is 26.4 Å². The molecule has 0 aromatic heterocycles. The van der Waals surface area contributed by atoms with Gasteiger partial charge in [0.25, 0.3) is 0 Å². The fourth-order valence-electron chi connectivity index (χ4n) is 1.38. The Morgan fingerprint density at radius 3 is 2.44 bits per heavy atom. The maximum absolute atomic E-state index is 12.2. The number of hydrogen-bond acceptors (Lipinski definition) is 3. The fourth-order valence-corrected chi connectivity index (χ4v) is 1.38. The van der Waals surface area contributed by atoms with Gasteiger partial charge < -0.3 is 10.9 Å². The lowest BCUT2D eigenvalue weighted by molar-refractivity contribution is -0.146. The van der Waals surface area contributed by atoms with Gasteiger partial charge in [0.1, 0.15) is 5.84 Å². The number of nitrogens with zero attached hydrogens (tertiary/aromatic N) is 2. The average molecular weight is 241 g/mol. The number of oxime groups is 1. The first kappa shape index (κ1) is 15.0. The molecule has 0 rings (SSSR count). The van der Waals surface area contributed by atoms with Gasteiger partial charge in [0.15, 0.2) is 0 Å². The third kappa shape index (κ3) is 6.49. The van der Waals surface area contributed by atoms with E-state index in [0.717, 1.165) is 0 Å². The highest BCUT2D eigenvalue weighted by molar-refractivity contribution is 5.82. The standard InChI is InChI=1S/C9H18F3N3O/c1-3-4-15(6-9(10,11)12)5-7(2)8(13)14-16/h7,16H,3-6H2,1-2H3,(H2,13,14). The minimum Gasteiger partial charge on any atom is -0.409 e. The van der Waals surface area contributed by atoms with Crippen LogP contribution in [0.25, 0.3) is 0 Å². The summed E-state index contributed by atoms with van der Waals surface area (Å²) in [6.45, 7) is 2.92. The van der Waals surface area contributed by atoms with Gasteiger partial charge in [-0.2, -0.15) is 13.2 Å². The molecule has 4 nitrogen and oxygen atoms in total. The summed E-state index contributed by atoms with van der Waals surface area (Å²) in [6, 6.07) is 0. The van der Waals surface area contributed by atoms with Crippen molar-refractivity contribution in [2.75, 3.05) is 19.6 Å². The van der Waals surface area contributed by atoms with E-state index in [-0.39, 0.29) is 12.4 Å². The van der Waals surface area contributed by atoms with Crippen LogP contribution in [0.1, 0.15) is 20.3 Å². The van der Waals surface area contributed by atoms with Crippen LogP contribution in [0.5, 0.6) is 0 Å². The predicted octanol–water partition coefficient (Wildman–Crippen LogP) is 1.64. The van der Waals surface area contributed by atoms with Gasteiger partial charge in [-0.15, -0.1) is 0 Å². The van der Waals surface area contributed by atoms with E-state index < -0.39 is 18.6 Å². The highest BCUT2D eigenvalue weighted by Crippen LogP contribution is 2.17. The van der Waals surface area contributed by atoms with Gasteiger partial charge in [-0.3, -0.25) is 4.90 Å².